The number of aromatic nitrogens is 1. The van der Waals surface area contributed by atoms with Crippen LogP contribution in [0.3, 0.4) is 0 Å². The van der Waals surface area contributed by atoms with E-state index in [0.717, 1.165) is 10.5 Å². The molecule has 8 heteroatoms. The van der Waals surface area contributed by atoms with Crippen molar-refractivity contribution in [2.24, 2.45) is 0 Å². The Labute approximate surface area is 198 Å². The average Bonchev–Trinajstić information content (AvgIpc) is 3.36. The zero-order valence-corrected chi connectivity index (χ0v) is 19.1. The Morgan fingerprint density at radius 1 is 0.906 bits per heavy atom. The van der Waals surface area contributed by atoms with Crippen molar-refractivity contribution in [2.75, 3.05) is 10.6 Å². The fourth-order valence-electron chi connectivity index (χ4n) is 2.90. The van der Waals surface area contributed by atoms with E-state index < -0.39 is 5.25 Å². The topological polar surface area (TPSA) is 71.1 Å². The fourth-order valence-corrected chi connectivity index (χ4v) is 4.65. The average molecular weight is 480 g/mol. The molecule has 5 nitrogen and oxygen atoms in total. The Morgan fingerprint density at radius 3 is 2.34 bits per heavy atom. The SMILES string of the molecule is O=C(Nc1ccc(SC(C(=O)Nc2ccc(Cl)cn2)c2ccccc2)cc1)c1cccs1. The van der Waals surface area contributed by atoms with Gasteiger partial charge in [-0.05, 0) is 53.4 Å². The Morgan fingerprint density at radius 2 is 1.69 bits per heavy atom. The summed E-state index contributed by atoms with van der Waals surface area (Å²) in [4.78, 5) is 31.0. The number of thioether (sulfide) groups is 1. The number of benzene rings is 2. The number of hydrogen-bond donors (Lipinski definition) is 2. The van der Waals surface area contributed by atoms with Gasteiger partial charge in [0.25, 0.3) is 5.91 Å². The van der Waals surface area contributed by atoms with E-state index in [-0.39, 0.29) is 11.8 Å². The third-order valence-electron chi connectivity index (χ3n) is 4.43. The summed E-state index contributed by atoms with van der Waals surface area (Å²) in [6.07, 6.45) is 1.49. The van der Waals surface area contributed by atoms with Crippen LogP contribution in [-0.2, 0) is 4.79 Å². The molecule has 0 saturated heterocycles. The molecule has 1 unspecified atom stereocenters. The van der Waals surface area contributed by atoms with Crippen molar-refractivity contribution in [2.45, 2.75) is 10.1 Å². The molecule has 0 aliphatic carbocycles. The highest BCUT2D eigenvalue weighted by Gasteiger charge is 2.22. The lowest BCUT2D eigenvalue weighted by molar-refractivity contribution is -0.115. The van der Waals surface area contributed by atoms with Crippen molar-refractivity contribution in [3.63, 3.8) is 0 Å². The van der Waals surface area contributed by atoms with E-state index in [1.54, 1.807) is 18.2 Å². The first-order chi connectivity index (χ1) is 15.6. The van der Waals surface area contributed by atoms with Crippen LogP contribution < -0.4 is 10.6 Å². The smallest absolute Gasteiger partial charge is 0.265 e. The molecule has 1 atom stereocenters. The fraction of sp³-hybridized carbons (Fsp3) is 0.0417. The van der Waals surface area contributed by atoms with Gasteiger partial charge in [0.1, 0.15) is 11.1 Å². The molecule has 2 amide bonds. The van der Waals surface area contributed by atoms with Crippen molar-refractivity contribution in [1.82, 2.24) is 4.98 Å². The van der Waals surface area contributed by atoms with Gasteiger partial charge in [0.2, 0.25) is 5.91 Å². The molecular weight excluding hydrogens is 462 g/mol. The van der Waals surface area contributed by atoms with Crippen LogP contribution in [0.4, 0.5) is 11.5 Å². The molecule has 0 aliphatic rings. The number of nitrogens with zero attached hydrogens (tertiary/aromatic N) is 1. The van der Waals surface area contributed by atoms with Crippen LogP contribution in [0, 0.1) is 0 Å². The van der Waals surface area contributed by atoms with Gasteiger partial charge in [0, 0.05) is 16.8 Å². The summed E-state index contributed by atoms with van der Waals surface area (Å²) in [6, 6.07) is 24.0. The lowest BCUT2D eigenvalue weighted by Crippen LogP contribution is -2.19. The molecule has 32 heavy (non-hydrogen) atoms. The van der Waals surface area contributed by atoms with Crippen molar-refractivity contribution in [3.8, 4) is 0 Å². The highest BCUT2D eigenvalue weighted by molar-refractivity contribution is 8.00. The summed E-state index contributed by atoms with van der Waals surface area (Å²) in [5, 5.41) is 7.62. The van der Waals surface area contributed by atoms with E-state index in [2.05, 4.69) is 15.6 Å². The van der Waals surface area contributed by atoms with Crippen molar-refractivity contribution < 1.29 is 9.59 Å². The van der Waals surface area contributed by atoms with Gasteiger partial charge in [0.15, 0.2) is 0 Å². The summed E-state index contributed by atoms with van der Waals surface area (Å²) in [5.74, 6) is 0.107. The molecule has 4 aromatic rings. The number of anilines is 2. The summed E-state index contributed by atoms with van der Waals surface area (Å²) >= 11 is 8.69. The first kappa shape index (κ1) is 22.1. The number of hydrogen-bond acceptors (Lipinski definition) is 5. The predicted octanol–water partition coefficient (Wildman–Crippen LogP) is 6.52. The minimum atomic E-state index is -0.486. The third kappa shape index (κ3) is 5.76. The van der Waals surface area contributed by atoms with Gasteiger partial charge in [-0.1, -0.05) is 48.0 Å². The Hall–Kier alpha value is -3.13. The summed E-state index contributed by atoms with van der Waals surface area (Å²) in [6.45, 7) is 0. The lowest BCUT2D eigenvalue weighted by atomic mass is 10.1. The van der Waals surface area contributed by atoms with E-state index in [1.807, 2.05) is 66.0 Å². The van der Waals surface area contributed by atoms with E-state index >= 15 is 0 Å². The van der Waals surface area contributed by atoms with Crippen LogP contribution in [0.5, 0.6) is 0 Å². The van der Waals surface area contributed by atoms with E-state index in [1.165, 1.54) is 29.3 Å². The number of amides is 2. The number of nitrogens with one attached hydrogen (secondary N) is 2. The summed E-state index contributed by atoms with van der Waals surface area (Å²) in [7, 11) is 0. The van der Waals surface area contributed by atoms with Crippen molar-refractivity contribution in [1.29, 1.82) is 0 Å². The van der Waals surface area contributed by atoms with E-state index in [0.29, 0.717) is 21.4 Å². The number of pyridine rings is 1. The molecule has 0 bridgehead atoms. The largest absolute Gasteiger partial charge is 0.321 e. The van der Waals surface area contributed by atoms with Gasteiger partial charge >= 0.3 is 0 Å². The monoisotopic (exact) mass is 479 g/mol. The molecule has 0 fully saturated rings. The molecule has 2 aromatic carbocycles. The van der Waals surface area contributed by atoms with E-state index in [4.69, 9.17) is 11.6 Å². The number of rotatable bonds is 7. The number of halogens is 1. The van der Waals surface area contributed by atoms with Crippen LogP contribution in [0.2, 0.25) is 5.02 Å². The highest BCUT2D eigenvalue weighted by atomic mass is 35.5. The zero-order chi connectivity index (χ0) is 22.3. The minimum Gasteiger partial charge on any atom is -0.321 e. The van der Waals surface area contributed by atoms with Crippen LogP contribution in [0.15, 0.2) is 95.3 Å². The van der Waals surface area contributed by atoms with Crippen LogP contribution in [0.25, 0.3) is 0 Å². The van der Waals surface area contributed by atoms with E-state index in [9.17, 15) is 9.59 Å². The lowest BCUT2D eigenvalue weighted by Gasteiger charge is -2.17. The number of thiophene rings is 1. The standard InChI is InChI=1S/C24H18ClN3O2S2/c25-17-8-13-21(26-15-17)28-24(30)22(16-5-2-1-3-6-16)32-19-11-9-18(10-12-19)27-23(29)20-7-4-14-31-20/h1-15,22H,(H,27,29)(H,26,28,30). The van der Waals surface area contributed by atoms with Gasteiger partial charge in [0.05, 0.1) is 9.90 Å². The second kappa shape index (κ2) is 10.5. The Kier molecular flexibility index (Phi) is 7.21. The Balaban J connectivity index is 1.49. The molecule has 2 aromatic heterocycles. The highest BCUT2D eigenvalue weighted by Crippen LogP contribution is 2.36. The quantitative estimate of drug-likeness (QED) is 0.296. The predicted molar refractivity (Wildman–Crippen MR) is 132 cm³/mol. The molecule has 2 N–H and O–H groups in total. The first-order valence-corrected chi connectivity index (χ1v) is 11.8. The third-order valence-corrected chi connectivity index (χ3v) is 6.79. The maximum atomic E-state index is 13.1. The Bertz CT molecular complexity index is 1180. The first-order valence-electron chi connectivity index (χ1n) is 9.67. The molecule has 0 aliphatic heterocycles. The second-order valence-corrected chi connectivity index (χ2v) is 9.28. The second-order valence-electron chi connectivity index (χ2n) is 6.72. The molecule has 0 saturated carbocycles. The van der Waals surface area contributed by atoms with Crippen LogP contribution >= 0.6 is 34.7 Å². The number of carbonyl (C=O) groups is 2. The van der Waals surface area contributed by atoms with Gasteiger partial charge in [-0.15, -0.1) is 23.1 Å². The maximum Gasteiger partial charge on any atom is 0.265 e. The zero-order valence-electron chi connectivity index (χ0n) is 16.7. The van der Waals surface area contributed by atoms with Crippen molar-refractivity contribution >= 4 is 58.0 Å². The van der Waals surface area contributed by atoms with Crippen molar-refractivity contribution in [3.05, 3.63) is 106 Å². The molecule has 0 radical (unpaired) electrons. The van der Waals surface area contributed by atoms with Crippen LogP contribution in [0.1, 0.15) is 20.5 Å². The molecular formula is C24H18ClN3O2S2. The minimum absolute atomic E-state index is 0.141. The van der Waals surface area contributed by atoms with Crippen LogP contribution in [-0.4, -0.2) is 16.8 Å². The number of carbonyl (C=O) groups excluding carboxylic acids is 2. The van der Waals surface area contributed by atoms with Gasteiger partial charge in [-0.25, -0.2) is 4.98 Å². The molecule has 4 rings (SSSR count). The summed E-state index contributed by atoms with van der Waals surface area (Å²) < 4.78 is 0. The van der Waals surface area contributed by atoms with Gasteiger partial charge in [-0.2, -0.15) is 0 Å². The van der Waals surface area contributed by atoms with Gasteiger partial charge < -0.3 is 10.6 Å². The molecule has 160 valence electrons. The van der Waals surface area contributed by atoms with Gasteiger partial charge in [-0.3, -0.25) is 9.59 Å². The molecule has 2 heterocycles. The molecule has 0 spiro atoms. The maximum absolute atomic E-state index is 13.1. The summed E-state index contributed by atoms with van der Waals surface area (Å²) in [5.41, 5.74) is 1.57. The normalized spacial score (nSPS) is 11.5.